The maximum Gasteiger partial charge on any atom is 0.271 e. The molecule has 0 radical (unpaired) electrons. The predicted octanol–water partition coefficient (Wildman–Crippen LogP) is 4.23. The van der Waals surface area contributed by atoms with E-state index < -0.39 is 4.92 Å². The lowest BCUT2D eigenvalue weighted by Crippen LogP contribution is -1.91. The van der Waals surface area contributed by atoms with Gasteiger partial charge >= 0.3 is 0 Å². The molecule has 2 aromatic carbocycles. The van der Waals surface area contributed by atoms with Crippen LogP contribution in [0.1, 0.15) is 5.56 Å². The zero-order valence-corrected chi connectivity index (χ0v) is 11.7. The smallest absolute Gasteiger partial charge is 0.271 e. The Bertz CT molecular complexity index is 845. The minimum absolute atomic E-state index is 0.0747. The zero-order valence-electron chi connectivity index (χ0n) is 11.0. The van der Waals surface area contributed by atoms with E-state index in [1.165, 1.54) is 18.2 Å². The van der Waals surface area contributed by atoms with Crippen molar-refractivity contribution in [3.05, 3.63) is 57.2 Å². The van der Waals surface area contributed by atoms with E-state index in [0.717, 1.165) is 16.5 Å². The SMILES string of the molecule is Cc1c(Oc2ccc([N+](=O)[O-])cc2Cl)ccc2[nH]ncc12. The van der Waals surface area contributed by atoms with Gasteiger partial charge in [-0.15, -0.1) is 0 Å². The van der Waals surface area contributed by atoms with Crippen molar-refractivity contribution in [3.63, 3.8) is 0 Å². The third-order valence-electron chi connectivity index (χ3n) is 3.19. The van der Waals surface area contributed by atoms with Gasteiger partial charge in [-0.25, -0.2) is 0 Å². The highest BCUT2D eigenvalue weighted by molar-refractivity contribution is 6.32. The van der Waals surface area contributed by atoms with Crippen LogP contribution in [0.25, 0.3) is 10.9 Å². The standard InChI is InChI=1S/C14H10ClN3O3/c1-8-10-7-16-17-12(10)3-5-13(8)21-14-4-2-9(18(19)20)6-11(14)15/h2-7H,1H3,(H,16,17). The van der Waals surface area contributed by atoms with Crippen molar-refractivity contribution in [1.29, 1.82) is 0 Å². The van der Waals surface area contributed by atoms with Gasteiger partial charge < -0.3 is 4.74 Å². The molecule has 0 fully saturated rings. The van der Waals surface area contributed by atoms with Gasteiger partial charge in [0.15, 0.2) is 0 Å². The molecule has 0 aliphatic heterocycles. The Hall–Kier alpha value is -2.60. The summed E-state index contributed by atoms with van der Waals surface area (Å²) in [6.45, 7) is 1.91. The first-order valence-corrected chi connectivity index (χ1v) is 6.48. The number of aromatic amines is 1. The van der Waals surface area contributed by atoms with Gasteiger partial charge in [-0.2, -0.15) is 5.10 Å². The van der Waals surface area contributed by atoms with E-state index in [9.17, 15) is 10.1 Å². The van der Waals surface area contributed by atoms with Crippen molar-refractivity contribution < 1.29 is 9.66 Å². The van der Waals surface area contributed by atoms with Crippen molar-refractivity contribution in [3.8, 4) is 11.5 Å². The number of aryl methyl sites for hydroxylation is 1. The summed E-state index contributed by atoms with van der Waals surface area (Å²) in [5.41, 5.74) is 1.75. The number of halogens is 1. The maximum absolute atomic E-state index is 10.7. The van der Waals surface area contributed by atoms with Gasteiger partial charge in [0, 0.05) is 23.1 Å². The monoisotopic (exact) mass is 303 g/mol. The van der Waals surface area contributed by atoms with E-state index in [0.29, 0.717) is 11.5 Å². The maximum atomic E-state index is 10.7. The number of rotatable bonds is 3. The number of nitrogens with zero attached hydrogens (tertiary/aromatic N) is 2. The molecule has 21 heavy (non-hydrogen) atoms. The van der Waals surface area contributed by atoms with Gasteiger partial charge in [0.2, 0.25) is 0 Å². The first kappa shape index (κ1) is 13.4. The van der Waals surface area contributed by atoms with Crippen LogP contribution in [0, 0.1) is 17.0 Å². The molecule has 1 N–H and O–H groups in total. The van der Waals surface area contributed by atoms with Crippen LogP contribution in [0.15, 0.2) is 36.5 Å². The van der Waals surface area contributed by atoms with Gasteiger partial charge in [-0.1, -0.05) is 11.6 Å². The van der Waals surface area contributed by atoms with Crippen molar-refractivity contribution in [1.82, 2.24) is 10.2 Å². The van der Waals surface area contributed by atoms with Gasteiger partial charge in [0.1, 0.15) is 11.5 Å². The quantitative estimate of drug-likeness (QED) is 0.580. The minimum atomic E-state index is -0.502. The molecular formula is C14H10ClN3O3. The third-order valence-corrected chi connectivity index (χ3v) is 3.49. The predicted molar refractivity (Wildman–Crippen MR) is 79.0 cm³/mol. The molecule has 0 saturated heterocycles. The summed E-state index contributed by atoms with van der Waals surface area (Å²) in [5.74, 6) is 0.993. The fourth-order valence-corrected chi connectivity index (χ4v) is 2.27. The lowest BCUT2D eigenvalue weighted by molar-refractivity contribution is -0.384. The lowest BCUT2D eigenvalue weighted by Gasteiger charge is -2.10. The third kappa shape index (κ3) is 2.41. The van der Waals surface area contributed by atoms with E-state index in [1.54, 1.807) is 12.3 Å². The number of ether oxygens (including phenoxy) is 1. The van der Waals surface area contributed by atoms with Crippen molar-refractivity contribution >= 4 is 28.2 Å². The molecule has 0 spiro atoms. The number of nitrogens with one attached hydrogen (secondary N) is 1. The summed E-state index contributed by atoms with van der Waals surface area (Å²) in [5, 5.41) is 18.7. The molecule has 0 aliphatic carbocycles. The number of nitro benzene ring substituents is 1. The highest BCUT2D eigenvalue weighted by Gasteiger charge is 2.13. The highest BCUT2D eigenvalue weighted by atomic mass is 35.5. The fourth-order valence-electron chi connectivity index (χ4n) is 2.05. The Morgan fingerprint density at radius 1 is 1.29 bits per heavy atom. The van der Waals surface area contributed by atoms with Gasteiger partial charge in [-0.05, 0) is 25.1 Å². The van der Waals surface area contributed by atoms with Gasteiger partial charge in [0.25, 0.3) is 5.69 Å². The summed E-state index contributed by atoms with van der Waals surface area (Å²) in [6, 6.07) is 7.76. The van der Waals surface area contributed by atoms with E-state index in [2.05, 4.69) is 10.2 Å². The molecule has 0 saturated carbocycles. The molecule has 1 aromatic heterocycles. The Morgan fingerprint density at radius 3 is 2.76 bits per heavy atom. The largest absolute Gasteiger partial charge is 0.455 e. The first-order chi connectivity index (χ1) is 10.1. The van der Waals surface area contributed by atoms with Crippen LogP contribution in [0.4, 0.5) is 5.69 Å². The molecule has 1 heterocycles. The lowest BCUT2D eigenvalue weighted by atomic mass is 10.1. The highest BCUT2D eigenvalue weighted by Crippen LogP contribution is 2.35. The van der Waals surface area contributed by atoms with Crippen LogP contribution >= 0.6 is 11.6 Å². The summed E-state index contributed by atoms with van der Waals surface area (Å²) in [4.78, 5) is 10.2. The molecule has 0 atom stereocenters. The van der Waals surface area contributed by atoms with Gasteiger partial charge in [0.05, 0.1) is 21.7 Å². The molecular weight excluding hydrogens is 294 g/mol. The molecule has 0 unspecified atom stereocenters. The number of aromatic nitrogens is 2. The Morgan fingerprint density at radius 2 is 2.05 bits per heavy atom. The zero-order chi connectivity index (χ0) is 15.0. The molecule has 3 aromatic rings. The normalized spacial score (nSPS) is 10.8. The van der Waals surface area contributed by atoms with Gasteiger partial charge in [-0.3, -0.25) is 15.2 Å². The molecule has 0 amide bonds. The van der Waals surface area contributed by atoms with E-state index in [1.807, 2.05) is 13.0 Å². The number of nitro groups is 1. The Balaban J connectivity index is 1.98. The average Bonchev–Trinajstić information content (AvgIpc) is 2.93. The van der Waals surface area contributed by atoms with Crippen molar-refractivity contribution in [2.24, 2.45) is 0 Å². The van der Waals surface area contributed by atoms with E-state index in [4.69, 9.17) is 16.3 Å². The number of H-pyrrole nitrogens is 1. The van der Waals surface area contributed by atoms with Crippen LogP contribution in [0.3, 0.4) is 0 Å². The van der Waals surface area contributed by atoms with Crippen LogP contribution in [0.5, 0.6) is 11.5 Å². The van der Waals surface area contributed by atoms with Crippen LogP contribution in [0.2, 0.25) is 5.02 Å². The van der Waals surface area contributed by atoms with Crippen LogP contribution < -0.4 is 4.74 Å². The minimum Gasteiger partial charge on any atom is -0.455 e. The summed E-state index contributed by atoms with van der Waals surface area (Å²) < 4.78 is 5.76. The second-order valence-electron chi connectivity index (χ2n) is 4.49. The Labute approximate surface area is 124 Å². The number of hydrogen-bond donors (Lipinski definition) is 1. The summed E-state index contributed by atoms with van der Waals surface area (Å²) in [7, 11) is 0. The van der Waals surface area contributed by atoms with Crippen molar-refractivity contribution in [2.75, 3.05) is 0 Å². The average molecular weight is 304 g/mol. The second-order valence-corrected chi connectivity index (χ2v) is 4.90. The number of non-ortho nitro benzene ring substituents is 1. The Kier molecular flexibility index (Phi) is 3.23. The molecule has 0 aliphatic rings. The topological polar surface area (TPSA) is 81.0 Å². The molecule has 6 nitrogen and oxygen atoms in total. The van der Waals surface area contributed by atoms with Crippen molar-refractivity contribution in [2.45, 2.75) is 6.92 Å². The van der Waals surface area contributed by atoms with Crippen LogP contribution in [-0.4, -0.2) is 15.1 Å². The second kappa shape index (κ2) is 5.06. The molecule has 0 bridgehead atoms. The molecule has 7 heteroatoms. The fraction of sp³-hybridized carbons (Fsp3) is 0.0714. The van der Waals surface area contributed by atoms with E-state index in [-0.39, 0.29) is 10.7 Å². The first-order valence-electron chi connectivity index (χ1n) is 6.11. The summed E-state index contributed by atoms with van der Waals surface area (Å²) >= 11 is 6.02. The van der Waals surface area contributed by atoms with E-state index >= 15 is 0 Å². The number of fused-ring (bicyclic) bond motifs is 1. The molecule has 3 rings (SSSR count). The molecule has 106 valence electrons. The summed E-state index contributed by atoms with van der Waals surface area (Å²) in [6.07, 6.45) is 1.72. The van der Waals surface area contributed by atoms with Crippen LogP contribution in [-0.2, 0) is 0 Å². The number of benzene rings is 2. The number of hydrogen-bond acceptors (Lipinski definition) is 4.